The molecule has 1 aliphatic rings. The minimum absolute atomic E-state index is 0.000165. The van der Waals surface area contributed by atoms with Gasteiger partial charge in [-0.25, -0.2) is 0 Å². The summed E-state index contributed by atoms with van der Waals surface area (Å²) in [5, 5.41) is 16.3. The van der Waals surface area contributed by atoms with Gasteiger partial charge in [0.25, 0.3) is 0 Å². The lowest BCUT2D eigenvalue weighted by molar-refractivity contribution is -0.122. The number of aromatic nitrogens is 2. The lowest BCUT2D eigenvalue weighted by Gasteiger charge is -2.25. The zero-order valence-corrected chi connectivity index (χ0v) is 9.88. The second-order valence-corrected chi connectivity index (χ2v) is 4.68. The van der Waals surface area contributed by atoms with Crippen molar-refractivity contribution in [2.24, 2.45) is 5.92 Å². The van der Waals surface area contributed by atoms with E-state index in [2.05, 4.69) is 10.4 Å². The number of hydrogen-bond donors (Lipinski definition) is 2. The monoisotopic (exact) mass is 237 g/mol. The van der Waals surface area contributed by atoms with Crippen LogP contribution in [0.25, 0.3) is 0 Å². The molecule has 1 aromatic rings. The van der Waals surface area contributed by atoms with Crippen LogP contribution in [-0.2, 0) is 11.3 Å². The second kappa shape index (κ2) is 5.82. The maximum atomic E-state index is 11.6. The SMILES string of the molecule is O=C(Cn1cccn1)NCC1CCC(O)CC1. The molecule has 1 heterocycles. The van der Waals surface area contributed by atoms with Crippen molar-refractivity contribution in [3.8, 4) is 0 Å². The van der Waals surface area contributed by atoms with Crippen LogP contribution in [-0.4, -0.2) is 33.4 Å². The summed E-state index contributed by atoms with van der Waals surface area (Å²) >= 11 is 0. The summed E-state index contributed by atoms with van der Waals surface area (Å²) < 4.78 is 1.61. The summed E-state index contributed by atoms with van der Waals surface area (Å²) in [4.78, 5) is 11.6. The van der Waals surface area contributed by atoms with Crippen LogP contribution in [0.3, 0.4) is 0 Å². The van der Waals surface area contributed by atoms with E-state index in [9.17, 15) is 9.90 Å². The van der Waals surface area contributed by atoms with Gasteiger partial charge in [0.05, 0.1) is 6.10 Å². The molecule has 5 heteroatoms. The summed E-state index contributed by atoms with van der Waals surface area (Å²) in [6.45, 7) is 0.995. The molecule has 2 N–H and O–H groups in total. The van der Waals surface area contributed by atoms with Gasteiger partial charge in [-0.15, -0.1) is 0 Å². The molecule has 0 bridgehead atoms. The molecule has 0 aromatic carbocycles. The predicted molar refractivity (Wildman–Crippen MR) is 63.2 cm³/mol. The van der Waals surface area contributed by atoms with E-state index in [1.807, 2.05) is 0 Å². The molecule has 94 valence electrons. The molecule has 0 atom stereocenters. The molecular formula is C12H19N3O2. The Bertz CT molecular complexity index is 343. The van der Waals surface area contributed by atoms with Gasteiger partial charge in [0, 0.05) is 18.9 Å². The highest BCUT2D eigenvalue weighted by atomic mass is 16.3. The molecule has 0 spiro atoms. The van der Waals surface area contributed by atoms with Crippen LogP contribution in [0.4, 0.5) is 0 Å². The van der Waals surface area contributed by atoms with Crippen molar-refractivity contribution in [1.82, 2.24) is 15.1 Å². The van der Waals surface area contributed by atoms with Crippen molar-refractivity contribution in [1.29, 1.82) is 0 Å². The minimum atomic E-state index is -0.133. The number of amides is 1. The van der Waals surface area contributed by atoms with Gasteiger partial charge in [-0.2, -0.15) is 5.10 Å². The Hall–Kier alpha value is -1.36. The number of carbonyl (C=O) groups is 1. The lowest BCUT2D eigenvalue weighted by atomic mass is 9.87. The first-order valence-corrected chi connectivity index (χ1v) is 6.16. The number of nitrogens with one attached hydrogen (secondary N) is 1. The number of nitrogens with zero attached hydrogens (tertiary/aromatic N) is 2. The van der Waals surface area contributed by atoms with Crippen LogP contribution in [0.15, 0.2) is 18.5 Å². The van der Waals surface area contributed by atoms with E-state index in [1.165, 1.54) is 0 Å². The smallest absolute Gasteiger partial charge is 0.241 e. The summed E-state index contributed by atoms with van der Waals surface area (Å²) in [6.07, 6.45) is 7.03. The third-order valence-electron chi connectivity index (χ3n) is 3.27. The molecule has 1 aromatic heterocycles. The first-order chi connectivity index (χ1) is 8.24. The first-order valence-electron chi connectivity index (χ1n) is 6.16. The highest BCUT2D eigenvalue weighted by Gasteiger charge is 2.19. The van der Waals surface area contributed by atoms with Crippen LogP contribution in [0.2, 0.25) is 0 Å². The zero-order valence-electron chi connectivity index (χ0n) is 9.88. The van der Waals surface area contributed by atoms with E-state index in [0.717, 1.165) is 25.7 Å². The van der Waals surface area contributed by atoms with Crippen molar-refractivity contribution in [2.45, 2.75) is 38.3 Å². The van der Waals surface area contributed by atoms with Crippen molar-refractivity contribution in [3.63, 3.8) is 0 Å². The topological polar surface area (TPSA) is 67.2 Å². The van der Waals surface area contributed by atoms with Gasteiger partial charge in [0.15, 0.2) is 0 Å². The fourth-order valence-electron chi connectivity index (χ4n) is 2.20. The van der Waals surface area contributed by atoms with Gasteiger partial charge in [-0.1, -0.05) is 0 Å². The van der Waals surface area contributed by atoms with Gasteiger partial charge >= 0.3 is 0 Å². The Kier molecular flexibility index (Phi) is 4.14. The Labute approximate surface area is 101 Å². The lowest BCUT2D eigenvalue weighted by Crippen LogP contribution is -2.34. The molecule has 0 aliphatic heterocycles. The van der Waals surface area contributed by atoms with Gasteiger partial charge in [-0.05, 0) is 37.7 Å². The van der Waals surface area contributed by atoms with Crippen molar-refractivity contribution >= 4 is 5.91 Å². The highest BCUT2D eigenvalue weighted by Crippen LogP contribution is 2.23. The van der Waals surface area contributed by atoms with Crippen molar-refractivity contribution < 1.29 is 9.90 Å². The van der Waals surface area contributed by atoms with Gasteiger partial charge in [-0.3, -0.25) is 9.48 Å². The fourth-order valence-corrected chi connectivity index (χ4v) is 2.20. The largest absolute Gasteiger partial charge is 0.393 e. The summed E-state index contributed by atoms with van der Waals surface area (Å²) in [7, 11) is 0. The Balaban J connectivity index is 1.66. The van der Waals surface area contributed by atoms with Crippen LogP contribution >= 0.6 is 0 Å². The van der Waals surface area contributed by atoms with Gasteiger partial charge in [0.2, 0.25) is 5.91 Å². The van der Waals surface area contributed by atoms with Crippen LogP contribution in [0, 0.1) is 5.92 Å². The standard InChI is InChI=1S/C12H19N3O2/c16-11-4-2-10(3-5-11)8-13-12(17)9-15-7-1-6-14-15/h1,6-7,10-11,16H,2-5,8-9H2,(H,13,17). The Morgan fingerprint density at radius 1 is 1.41 bits per heavy atom. The average molecular weight is 237 g/mol. The molecular weight excluding hydrogens is 218 g/mol. The minimum Gasteiger partial charge on any atom is -0.393 e. The fraction of sp³-hybridized carbons (Fsp3) is 0.667. The third kappa shape index (κ3) is 3.85. The van der Waals surface area contributed by atoms with Crippen molar-refractivity contribution in [2.75, 3.05) is 6.54 Å². The van der Waals surface area contributed by atoms with E-state index in [4.69, 9.17) is 0 Å². The van der Waals surface area contributed by atoms with E-state index >= 15 is 0 Å². The van der Waals surface area contributed by atoms with Crippen LogP contribution < -0.4 is 5.32 Å². The number of carbonyl (C=O) groups excluding carboxylic acids is 1. The number of aliphatic hydroxyl groups excluding tert-OH is 1. The molecule has 17 heavy (non-hydrogen) atoms. The summed E-state index contributed by atoms with van der Waals surface area (Å²) in [6, 6.07) is 1.80. The molecule has 2 rings (SSSR count). The molecule has 5 nitrogen and oxygen atoms in total. The maximum Gasteiger partial charge on any atom is 0.241 e. The van der Waals surface area contributed by atoms with Crippen molar-refractivity contribution in [3.05, 3.63) is 18.5 Å². The van der Waals surface area contributed by atoms with E-state index in [0.29, 0.717) is 12.5 Å². The average Bonchev–Trinajstić information content (AvgIpc) is 2.81. The maximum absolute atomic E-state index is 11.6. The number of hydrogen-bond acceptors (Lipinski definition) is 3. The zero-order chi connectivity index (χ0) is 12.1. The molecule has 1 saturated carbocycles. The van der Waals surface area contributed by atoms with E-state index in [-0.39, 0.29) is 18.6 Å². The predicted octanol–water partition coefficient (Wildman–Crippen LogP) is 0.550. The third-order valence-corrected chi connectivity index (χ3v) is 3.27. The van der Waals surface area contributed by atoms with Crippen LogP contribution in [0.1, 0.15) is 25.7 Å². The van der Waals surface area contributed by atoms with Crippen LogP contribution in [0.5, 0.6) is 0 Å². The number of aliphatic hydroxyl groups is 1. The first kappa shape index (κ1) is 12.1. The van der Waals surface area contributed by atoms with E-state index < -0.39 is 0 Å². The van der Waals surface area contributed by atoms with E-state index in [1.54, 1.807) is 23.1 Å². The van der Waals surface area contributed by atoms with Gasteiger partial charge in [0.1, 0.15) is 6.54 Å². The highest BCUT2D eigenvalue weighted by molar-refractivity contribution is 5.75. The quantitative estimate of drug-likeness (QED) is 0.803. The Morgan fingerprint density at radius 3 is 2.82 bits per heavy atom. The molecule has 1 aliphatic carbocycles. The Morgan fingerprint density at radius 2 is 2.18 bits per heavy atom. The molecule has 0 radical (unpaired) electrons. The summed E-state index contributed by atoms with van der Waals surface area (Å²) in [5.74, 6) is 0.514. The summed E-state index contributed by atoms with van der Waals surface area (Å²) in [5.41, 5.74) is 0. The number of rotatable bonds is 4. The second-order valence-electron chi connectivity index (χ2n) is 4.68. The molecule has 1 amide bonds. The molecule has 0 saturated heterocycles. The molecule has 0 unspecified atom stereocenters. The van der Waals surface area contributed by atoms with Gasteiger partial charge < -0.3 is 10.4 Å². The molecule has 1 fully saturated rings. The normalized spacial score (nSPS) is 24.5.